The van der Waals surface area contributed by atoms with Gasteiger partial charge in [0.25, 0.3) is 11.5 Å². The van der Waals surface area contributed by atoms with Gasteiger partial charge in [-0.2, -0.15) is 0 Å². The number of anilines is 1. The zero-order chi connectivity index (χ0) is 17.4. The predicted octanol–water partition coefficient (Wildman–Crippen LogP) is 2.13. The Morgan fingerprint density at radius 3 is 3.12 bits per heavy atom. The van der Waals surface area contributed by atoms with Crippen molar-refractivity contribution < 1.29 is 9.53 Å². The second-order valence-corrected chi connectivity index (χ2v) is 7.12. The molecule has 8 heteroatoms. The molecule has 25 heavy (non-hydrogen) atoms. The fourth-order valence-corrected chi connectivity index (χ4v) is 3.55. The summed E-state index contributed by atoms with van der Waals surface area (Å²) in [5.74, 6) is 1.01. The SMILES string of the molecule is Cc1cnc(NC(=O)COc2ccc3nc4n(c(=O)c3c2)CCC4)s1. The highest BCUT2D eigenvalue weighted by Crippen LogP contribution is 2.20. The van der Waals surface area contributed by atoms with E-state index in [2.05, 4.69) is 15.3 Å². The molecule has 1 aliphatic rings. The number of carbonyl (C=O) groups excluding carboxylic acids is 1. The van der Waals surface area contributed by atoms with Gasteiger partial charge in [0.1, 0.15) is 11.6 Å². The van der Waals surface area contributed by atoms with Gasteiger partial charge in [-0.05, 0) is 31.5 Å². The van der Waals surface area contributed by atoms with E-state index in [1.807, 2.05) is 6.92 Å². The maximum atomic E-state index is 12.5. The summed E-state index contributed by atoms with van der Waals surface area (Å²) >= 11 is 1.40. The van der Waals surface area contributed by atoms with Crippen LogP contribution < -0.4 is 15.6 Å². The van der Waals surface area contributed by atoms with Gasteiger partial charge in [0.15, 0.2) is 11.7 Å². The van der Waals surface area contributed by atoms with Gasteiger partial charge in [0.2, 0.25) is 0 Å². The Labute approximate surface area is 147 Å². The van der Waals surface area contributed by atoms with Crippen molar-refractivity contribution in [3.8, 4) is 5.75 Å². The summed E-state index contributed by atoms with van der Waals surface area (Å²) in [6.07, 6.45) is 3.47. The van der Waals surface area contributed by atoms with Crippen molar-refractivity contribution in [3.05, 3.63) is 45.5 Å². The van der Waals surface area contributed by atoms with Crippen LogP contribution in [0.1, 0.15) is 17.1 Å². The lowest BCUT2D eigenvalue weighted by molar-refractivity contribution is -0.118. The van der Waals surface area contributed by atoms with Gasteiger partial charge in [-0.3, -0.25) is 19.5 Å². The largest absolute Gasteiger partial charge is 0.484 e. The number of nitrogens with zero attached hydrogens (tertiary/aromatic N) is 3. The smallest absolute Gasteiger partial charge is 0.264 e. The molecule has 0 aliphatic carbocycles. The first-order valence-corrected chi connectivity index (χ1v) is 8.80. The first-order chi connectivity index (χ1) is 12.1. The van der Waals surface area contributed by atoms with E-state index in [4.69, 9.17) is 4.74 Å². The summed E-state index contributed by atoms with van der Waals surface area (Å²) < 4.78 is 7.23. The Hall–Kier alpha value is -2.74. The van der Waals surface area contributed by atoms with Gasteiger partial charge < -0.3 is 4.74 Å². The Morgan fingerprint density at radius 2 is 2.32 bits per heavy atom. The van der Waals surface area contributed by atoms with E-state index in [1.54, 1.807) is 29.0 Å². The maximum absolute atomic E-state index is 12.5. The molecule has 1 amide bonds. The molecular weight excluding hydrogens is 340 g/mol. The third-order valence-corrected chi connectivity index (χ3v) is 4.85. The molecule has 4 rings (SSSR count). The Balaban J connectivity index is 1.50. The number of aryl methyl sites for hydroxylation is 2. The number of fused-ring (bicyclic) bond motifs is 2. The highest BCUT2D eigenvalue weighted by Gasteiger charge is 2.16. The second kappa shape index (κ2) is 6.29. The minimum absolute atomic E-state index is 0.0503. The van der Waals surface area contributed by atoms with E-state index in [0.717, 1.165) is 23.5 Å². The molecule has 0 fully saturated rings. The molecule has 1 aromatic carbocycles. The van der Waals surface area contributed by atoms with Crippen molar-refractivity contribution in [1.82, 2.24) is 14.5 Å². The van der Waals surface area contributed by atoms with Crippen LogP contribution >= 0.6 is 11.3 Å². The molecule has 1 aliphatic heterocycles. The number of nitrogens with one attached hydrogen (secondary N) is 1. The van der Waals surface area contributed by atoms with E-state index >= 15 is 0 Å². The molecule has 0 saturated carbocycles. The average Bonchev–Trinajstić information content (AvgIpc) is 3.22. The van der Waals surface area contributed by atoms with Crippen LogP contribution in [-0.4, -0.2) is 27.0 Å². The molecular formula is C17H16N4O3S. The standard InChI is InChI=1S/C17H16N4O3S/c1-10-8-18-17(25-10)20-15(22)9-24-11-4-5-13-12(7-11)16(23)21-6-2-3-14(21)19-13/h4-5,7-8H,2-3,6,9H2,1H3,(H,18,20,22). The van der Waals surface area contributed by atoms with Crippen molar-refractivity contribution in [1.29, 1.82) is 0 Å². The Kier molecular flexibility index (Phi) is 3.96. The van der Waals surface area contributed by atoms with Crippen LogP contribution in [0.4, 0.5) is 5.13 Å². The van der Waals surface area contributed by atoms with Crippen LogP contribution in [0, 0.1) is 6.92 Å². The second-order valence-electron chi connectivity index (χ2n) is 5.88. The minimum atomic E-state index is -0.293. The van der Waals surface area contributed by atoms with Crippen molar-refractivity contribution in [3.63, 3.8) is 0 Å². The molecule has 0 unspecified atom stereocenters. The van der Waals surface area contributed by atoms with Crippen LogP contribution in [0.5, 0.6) is 5.75 Å². The molecule has 3 aromatic rings. The fourth-order valence-electron chi connectivity index (χ4n) is 2.87. The van der Waals surface area contributed by atoms with Crippen LogP contribution in [0.2, 0.25) is 0 Å². The number of rotatable bonds is 4. The summed E-state index contributed by atoms with van der Waals surface area (Å²) in [6, 6.07) is 5.13. The third kappa shape index (κ3) is 3.12. The normalized spacial score (nSPS) is 13.0. The number of thiazole rings is 1. The topological polar surface area (TPSA) is 86.1 Å². The van der Waals surface area contributed by atoms with Gasteiger partial charge in [0, 0.05) is 24.0 Å². The summed E-state index contributed by atoms with van der Waals surface area (Å²) in [4.78, 5) is 34.1. The van der Waals surface area contributed by atoms with Gasteiger partial charge in [0.05, 0.1) is 10.9 Å². The van der Waals surface area contributed by atoms with E-state index in [9.17, 15) is 9.59 Å². The van der Waals surface area contributed by atoms with E-state index < -0.39 is 0 Å². The van der Waals surface area contributed by atoms with Crippen LogP contribution in [0.25, 0.3) is 10.9 Å². The first kappa shape index (κ1) is 15.8. The number of benzene rings is 1. The zero-order valence-electron chi connectivity index (χ0n) is 13.6. The molecule has 3 heterocycles. The average molecular weight is 356 g/mol. The van der Waals surface area contributed by atoms with E-state index in [0.29, 0.717) is 28.3 Å². The molecule has 2 aromatic heterocycles. The molecule has 0 saturated heterocycles. The first-order valence-electron chi connectivity index (χ1n) is 7.99. The van der Waals surface area contributed by atoms with Gasteiger partial charge in [-0.15, -0.1) is 11.3 Å². The Bertz CT molecular complexity index is 1020. The minimum Gasteiger partial charge on any atom is -0.484 e. The number of ether oxygens (including phenoxy) is 1. The summed E-state index contributed by atoms with van der Waals surface area (Å²) in [5, 5.41) is 3.74. The van der Waals surface area contributed by atoms with Gasteiger partial charge in [-0.25, -0.2) is 9.97 Å². The molecule has 0 atom stereocenters. The number of aromatic nitrogens is 3. The maximum Gasteiger partial charge on any atom is 0.264 e. The highest BCUT2D eigenvalue weighted by molar-refractivity contribution is 7.15. The monoisotopic (exact) mass is 356 g/mol. The van der Waals surface area contributed by atoms with Crippen molar-refractivity contribution in [2.24, 2.45) is 0 Å². The number of amides is 1. The van der Waals surface area contributed by atoms with E-state index in [1.165, 1.54) is 11.3 Å². The van der Waals surface area contributed by atoms with Crippen LogP contribution in [0.15, 0.2) is 29.2 Å². The summed E-state index contributed by atoms with van der Waals surface area (Å²) in [6.45, 7) is 2.48. The molecule has 0 bridgehead atoms. The molecule has 1 N–H and O–H groups in total. The quantitative estimate of drug-likeness (QED) is 0.774. The molecule has 128 valence electrons. The lowest BCUT2D eigenvalue weighted by atomic mass is 10.2. The predicted molar refractivity (Wildman–Crippen MR) is 95.3 cm³/mol. The van der Waals surface area contributed by atoms with Crippen LogP contribution in [0.3, 0.4) is 0 Å². The highest BCUT2D eigenvalue weighted by atomic mass is 32.1. The number of carbonyl (C=O) groups is 1. The molecule has 0 radical (unpaired) electrons. The van der Waals surface area contributed by atoms with E-state index in [-0.39, 0.29) is 18.1 Å². The Morgan fingerprint density at radius 1 is 1.44 bits per heavy atom. The summed E-state index contributed by atoms with van der Waals surface area (Å²) in [5.41, 5.74) is 0.610. The van der Waals surface area contributed by atoms with Gasteiger partial charge in [-0.1, -0.05) is 0 Å². The summed E-state index contributed by atoms with van der Waals surface area (Å²) in [7, 11) is 0. The third-order valence-electron chi connectivity index (χ3n) is 4.02. The number of hydrogen-bond donors (Lipinski definition) is 1. The van der Waals surface area contributed by atoms with Crippen LogP contribution in [-0.2, 0) is 17.8 Å². The lowest BCUT2D eigenvalue weighted by Crippen LogP contribution is -2.21. The lowest BCUT2D eigenvalue weighted by Gasteiger charge is -2.08. The van der Waals surface area contributed by atoms with Gasteiger partial charge >= 0.3 is 0 Å². The van der Waals surface area contributed by atoms with Crippen molar-refractivity contribution >= 4 is 33.3 Å². The van der Waals surface area contributed by atoms with Crippen molar-refractivity contribution in [2.45, 2.75) is 26.3 Å². The number of hydrogen-bond acceptors (Lipinski definition) is 6. The fraction of sp³-hybridized carbons (Fsp3) is 0.294. The molecule has 0 spiro atoms. The zero-order valence-corrected chi connectivity index (χ0v) is 14.4. The van der Waals surface area contributed by atoms with Crippen molar-refractivity contribution in [2.75, 3.05) is 11.9 Å². The molecule has 7 nitrogen and oxygen atoms in total.